The maximum Gasteiger partial charge on any atom is 0.123 e. The number of hydrogen-bond acceptors (Lipinski definition) is 3. The lowest BCUT2D eigenvalue weighted by molar-refractivity contribution is 0.305. The second kappa shape index (κ2) is 6.41. The lowest BCUT2D eigenvalue weighted by Gasteiger charge is -2.21. The maximum atomic E-state index is 12.8. The molecular formula is C15H18FN3. The van der Waals surface area contributed by atoms with Crippen molar-refractivity contribution in [1.82, 2.24) is 9.88 Å². The van der Waals surface area contributed by atoms with E-state index in [2.05, 4.69) is 9.88 Å². The Hall–Kier alpha value is -1.78. The van der Waals surface area contributed by atoms with Crippen LogP contribution < -0.4 is 5.73 Å². The average molecular weight is 259 g/mol. The molecule has 0 bridgehead atoms. The molecule has 1 aromatic carbocycles. The highest BCUT2D eigenvalue weighted by Crippen LogP contribution is 2.13. The zero-order chi connectivity index (χ0) is 13.7. The number of rotatable bonds is 5. The van der Waals surface area contributed by atoms with Gasteiger partial charge in [0, 0.05) is 31.5 Å². The van der Waals surface area contributed by atoms with Gasteiger partial charge in [0.1, 0.15) is 5.82 Å². The molecule has 2 aromatic rings. The van der Waals surface area contributed by atoms with E-state index < -0.39 is 0 Å². The minimum absolute atomic E-state index is 0.123. The minimum atomic E-state index is -0.236. The number of halogens is 1. The molecule has 0 saturated carbocycles. The fourth-order valence-corrected chi connectivity index (χ4v) is 2.02. The lowest BCUT2D eigenvalue weighted by Crippen LogP contribution is -2.28. The van der Waals surface area contributed by atoms with Crippen LogP contribution in [0.4, 0.5) is 4.39 Å². The molecule has 0 spiro atoms. The molecule has 0 aliphatic rings. The van der Waals surface area contributed by atoms with Gasteiger partial charge in [0.15, 0.2) is 0 Å². The Labute approximate surface area is 112 Å². The topological polar surface area (TPSA) is 42.2 Å². The first-order chi connectivity index (χ1) is 9.15. The molecule has 100 valence electrons. The van der Waals surface area contributed by atoms with Crippen molar-refractivity contribution in [2.45, 2.75) is 12.6 Å². The molecule has 1 atom stereocenters. The number of hydrogen-bond donors (Lipinski definition) is 1. The summed E-state index contributed by atoms with van der Waals surface area (Å²) in [6, 6.07) is 10.2. The van der Waals surface area contributed by atoms with Crippen molar-refractivity contribution in [3.63, 3.8) is 0 Å². The molecule has 3 nitrogen and oxygen atoms in total. The van der Waals surface area contributed by atoms with Gasteiger partial charge in [-0.2, -0.15) is 0 Å². The van der Waals surface area contributed by atoms with E-state index >= 15 is 0 Å². The van der Waals surface area contributed by atoms with Gasteiger partial charge < -0.3 is 10.6 Å². The molecule has 2 N–H and O–H groups in total. The van der Waals surface area contributed by atoms with Crippen LogP contribution in [0.25, 0.3) is 0 Å². The summed E-state index contributed by atoms with van der Waals surface area (Å²) in [4.78, 5) is 6.22. The Morgan fingerprint density at radius 2 is 2.00 bits per heavy atom. The van der Waals surface area contributed by atoms with Crippen LogP contribution in [-0.4, -0.2) is 23.5 Å². The molecule has 0 saturated heterocycles. The molecule has 4 heteroatoms. The molecule has 19 heavy (non-hydrogen) atoms. The monoisotopic (exact) mass is 259 g/mol. The average Bonchev–Trinajstić information content (AvgIpc) is 2.40. The van der Waals surface area contributed by atoms with E-state index in [0.717, 1.165) is 17.7 Å². The van der Waals surface area contributed by atoms with Crippen LogP contribution >= 0.6 is 0 Å². The van der Waals surface area contributed by atoms with E-state index in [9.17, 15) is 4.39 Å². The van der Waals surface area contributed by atoms with E-state index in [-0.39, 0.29) is 11.9 Å². The predicted molar refractivity (Wildman–Crippen MR) is 73.9 cm³/mol. The second-order valence-corrected chi connectivity index (χ2v) is 4.72. The van der Waals surface area contributed by atoms with Crippen LogP contribution in [0.2, 0.25) is 0 Å². The highest BCUT2D eigenvalue weighted by atomic mass is 19.1. The Morgan fingerprint density at radius 3 is 2.63 bits per heavy atom. The minimum Gasteiger partial charge on any atom is -0.323 e. The highest BCUT2D eigenvalue weighted by molar-refractivity contribution is 5.20. The molecule has 2 rings (SSSR count). The van der Waals surface area contributed by atoms with Crippen molar-refractivity contribution in [2.24, 2.45) is 5.73 Å². The summed E-state index contributed by atoms with van der Waals surface area (Å²) in [6.45, 7) is 1.50. The SMILES string of the molecule is CN(Cc1cccnc1)CC(N)c1ccc(F)cc1. The summed E-state index contributed by atoms with van der Waals surface area (Å²) in [5.74, 6) is -0.236. The fraction of sp³-hybridized carbons (Fsp3) is 0.267. The van der Waals surface area contributed by atoms with Gasteiger partial charge in [-0.3, -0.25) is 4.98 Å². The highest BCUT2D eigenvalue weighted by Gasteiger charge is 2.09. The molecular weight excluding hydrogens is 241 g/mol. The van der Waals surface area contributed by atoms with Crippen LogP contribution in [0.5, 0.6) is 0 Å². The van der Waals surface area contributed by atoms with Crippen molar-refractivity contribution in [3.8, 4) is 0 Å². The van der Waals surface area contributed by atoms with Crippen molar-refractivity contribution in [3.05, 3.63) is 65.7 Å². The quantitative estimate of drug-likeness (QED) is 0.896. The zero-order valence-corrected chi connectivity index (χ0v) is 11.0. The molecule has 1 heterocycles. The van der Waals surface area contributed by atoms with E-state index in [1.165, 1.54) is 12.1 Å². The summed E-state index contributed by atoms with van der Waals surface area (Å²) in [7, 11) is 2.01. The number of pyridine rings is 1. The van der Waals surface area contributed by atoms with Crippen molar-refractivity contribution < 1.29 is 4.39 Å². The molecule has 0 amide bonds. The predicted octanol–water partition coefficient (Wildman–Crippen LogP) is 2.35. The maximum absolute atomic E-state index is 12.8. The Morgan fingerprint density at radius 1 is 1.26 bits per heavy atom. The van der Waals surface area contributed by atoms with Crippen LogP contribution in [0.15, 0.2) is 48.8 Å². The lowest BCUT2D eigenvalue weighted by atomic mass is 10.1. The van der Waals surface area contributed by atoms with Gasteiger partial charge in [-0.05, 0) is 36.4 Å². The van der Waals surface area contributed by atoms with Crippen molar-refractivity contribution in [1.29, 1.82) is 0 Å². The summed E-state index contributed by atoms with van der Waals surface area (Å²) in [5, 5.41) is 0. The van der Waals surface area contributed by atoms with Gasteiger partial charge in [-0.15, -0.1) is 0 Å². The smallest absolute Gasteiger partial charge is 0.123 e. The molecule has 0 radical (unpaired) electrons. The van der Waals surface area contributed by atoms with Crippen LogP contribution in [-0.2, 0) is 6.54 Å². The van der Waals surface area contributed by atoms with Gasteiger partial charge in [-0.25, -0.2) is 4.39 Å². The fourth-order valence-electron chi connectivity index (χ4n) is 2.02. The zero-order valence-electron chi connectivity index (χ0n) is 11.0. The first-order valence-electron chi connectivity index (χ1n) is 6.23. The van der Waals surface area contributed by atoms with Crippen molar-refractivity contribution in [2.75, 3.05) is 13.6 Å². The van der Waals surface area contributed by atoms with E-state index in [4.69, 9.17) is 5.73 Å². The normalized spacial score (nSPS) is 12.6. The van der Waals surface area contributed by atoms with E-state index in [1.807, 2.05) is 25.4 Å². The molecule has 0 fully saturated rings. The van der Waals surface area contributed by atoms with Gasteiger partial charge in [-0.1, -0.05) is 18.2 Å². The molecule has 1 aromatic heterocycles. The third-order valence-corrected chi connectivity index (χ3v) is 2.98. The van der Waals surface area contributed by atoms with Crippen LogP contribution in [0.1, 0.15) is 17.2 Å². The Bertz CT molecular complexity index is 499. The Balaban J connectivity index is 1.91. The number of aromatic nitrogens is 1. The van der Waals surface area contributed by atoms with Crippen molar-refractivity contribution >= 4 is 0 Å². The first kappa shape index (κ1) is 13.6. The number of nitrogens with two attached hydrogens (primary N) is 1. The van der Waals surface area contributed by atoms with Gasteiger partial charge in [0.2, 0.25) is 0 Å². The van der Waals surface area contributed by atoms with E-state index in [1.54, 1.807) is 18.3 Å². The van der Waals surface area contributed by atoms with Gasteiger partial charge in [0.25, 0.3) is 0 Å². The molecule has 0 aliphatic carbocycles. The summed E-state index contributed by atoms with van der Waals surface area (Å²) < 4.78 is 12.8. The second-order valence-electron chi connectivity index (χ2n) is 4.72. The largest absolute Gasteiger partial charge is 0.323 e. The number of nitrogens with zero attached hydrogens (tertiary/aromatic N) is 2. The third kappa shape index (κ3) is 4.12. The number of benzene rings is 1. The van der Waals surface area contributed by atoms with Crippen LogP contribution in [0.3, 0.4) is 0 Å². The summed E-state index contributed by atoms with van der Waals surface area (Å²) in [6.07, 6.45) is 3.60. The molecule has 1 unspecified atom stereocenters. The third-order valence-electron chi connectivity index (χ3n) is 2.98. The number of likely N-dealkylation sites (N-methyl/N-ethyl adjacent to an activating group) is 1. The summed E-state index contributed by atoms with van der Waals surface area (Å²) in [5.41, 5.74) is 8.21. The van der Waals surface area contributed by atoms with Gasteiger partial charge >= 0.3 is 0 Å². The first-order valence-corrected chi connectivity index (χ1v) is 6.23. The summed E-state index contributed by atoms with van der Waals surface area (Å²) >= 11 is 0. The van der Waals surface area contributed by atoms with E-state index in [0.29, 0.717) is 6.54 Å². The standard InChI is InChI=1S/C15H18FN3/c1-19(10-12-3-2-8-18-9-12)11-15(17)13-4-6-14(16)7-5-13/h2-9,15H,10-11,17H2,1H3. The Kier molecular flexibility index (Phi) is 4.60. The molecule has 0 aliphatic heterocycles. The van der Waals surface area contributed by atoms with Gasteiger partial charge in [0.05, 0.1) is 0 Å². The van der Waals surface area contributed by atoms with Crippen LogP contribution in [0, 0.1) is 5.82 Å².